The fourth-order valence-electron chi connectivity index (χ4n) is 1.59. The lowest BCUT2D eigenvalue weighted by atomic mass is 10.1. The highest BCUT2D eigenvalue weighted by Gasteiger charge is 2.16. The highest BCUT2D eigenvalue weighted by atomic mass is 16.5. The number of carboxylic acid groups (broad SMARTS) is 1. The van der Waals surface area contributed by atoms with Gasteiger partial charge < -0.3 is 9.84 Å². The molecule has 0 saturated heterocycles. The molecule has 0 aliphatic heterocycles. The highest BCUT2D eigenvalue weighted by Crippen LogP contribution is 2.05. The second kappa shape index (κ2) is 12.4. The Hall–Kier alpha value is -1.01. The van der Waals surface area contributed by atoms with E-state index in [1.807, 2.05) is 6.92 Å². The van der Waals surface area contributed by atoms with Gasteiger partial charge in [0.05, 0.1) is 0 Å². The zero-order chi connectivity index (χ0) is 13.6. The second-order valence-electron chi connectivity index (χ2n) is 4.44. The summed E-state index contributed by atoms with van der Waals surface area (Å²) in [5.74, 6) is 5.03. The molecule has 0 saturated carbocycles. The second-order valence-corrected chi connectivity index (χ2v) is 4.44. The molecule has 0 aromatic rings. The third-order valence-corrected chi connectivity index (χ3v) is 2.73. The first-order valence-corrected chi connectivity index (χ1v) is 7.02. The normalized spacial score (nSPS) is 11.7. The lowest BCUT2D eigenvalue weighted by Gasteiger charge is -2.10. The third-order valence-electron chi connectivity index (χ3n) is 2.73. The van der Waals surface area contributed by atoms with Gasteiger partial charge in [-0.15, -0.1) is 5.92 Å². The van der Waals surface area contributed by atoms with Crippen molar-refractivity contribution in [2.45, 2.75) is 71.3 Å². The molecule has 1 N–H and O–H groups in total. The van der Waals surface area contributed by atoms with Crippen LogP contribution in [0.15, 0.2) is 0 Å². The van der Waals surface area contributed by atoms with Crippen molar-refractivity contribution >= 4 is 5.97 Å². The standard InChI is InChI=1S/C15H26O3/c1-3-5-7-8-9-10-11-13-18-14(15(16)17)12-6-4-2/h14H,3-9,12-13H2,1-2H3,(H,16,17). The Labute approximate surface area is 111 Å². The molecule has 0 fully saturated rings. The minimum absolute atomic E-state index is 0.231. The molecule has 0 aromatic carbocycles. The van der Waals surface area contributed by atoms with Gasteiger partial charge in [-0.05, 0) is 12.8 Å². The van der Waals surface area contributed by atoms with Gasteiger partial charge in [0, 0.05) is 6.42 Å². The van der Waals surface area contributed by atoms with Crippen LogP contribution in [0, 0.1) is 11.8 Å². The van der Waals surface area contributed by atoms with Crippen molar-refractivity contribution in [1.82, 2.24) is 0 Å². The first kappa shape index (κ1) is 17.0. The predicted molar refractivity (Wildman–Crippen MR) is 73.4 cm³/mol. The molecule has 0 aromatic heterocycles. The molecule has 0 radical (unpaired) electrons. The molecule has 18 heavy (non-hydrogen) atoms. The monoisotopic (exact) mass is 254 g/mol. The fraction of sp³-hybridized carbons (Fsp3) is 0.800. The molecule has 0 rings (SSSR count). The Morgan fingerprint density at radius 3 is 2.44 bits per heavy atom. The zero-order valence-corrected chi connectivity index (χ0v) is 11.7. The summed E-state index contributed by atoms with van der Waals surface area (Å²) in [6.07, 6.45) is 7.46. The average Bonchev–Trinajstić information content (AvgIpc) is 2.35. The van der Waals surface area contributed by atoms with Crippen LogP contribution >= 0.6 is 0 Å². The van der Waals surface area contributed by atoms with Crippen LogP contribution in [0.1, 0.15) is 65.2 Å². The molecule has 3 nitrogen and oxygen atoms in total. The van der Waals surface area contributed by atoms with Gasteiger partial charge in [-0.3, -0.25) is 0 Å². The van der Waals surface area contributed by atoms with E-state index < -0.39 is 12.1 Å². The first-order chi connectivity index (χ1) is 8.72. The van der Waals surface area contributed by atoms with Crippen LogP contribution in [0.4, 0.5) is 0 Å². The lowest BCUT2D eigenvalue weighted by Crippen LogP contribution is -2.23. The van der Waals surface area contributed by atoms with Crippen LogP contribution < -0.4 is 0 Å². The quantitative estimate of drug-likeness (QED) is 0.478. The van der Waals surface area contributed by atoms with Crippen LogP contribution in [0.5, 0.6) is 0 Å². The van der Waals surface area contributed by atoms with Crippen molar-refractivity contribution in [1.29, 1.82) is 0 Å². The number of carboxylic acids is 1. The maximum Gasteiger partial charge on any atom is 0.332 e. The highest BCUT2D eigenvalue weighted by molar-refractivity contribution is 5.72. The predicted octanol–water partition coefficient (Wildman–Crippen LogP) is 3.62. The molecule has 0 spiro atoms. The summed E-state index contributed by atoms with van der Waals surface area (Å²) in [6, 6.07) is 0. The number of unbranched alkanes of at least 4 members (excludes halogenated alkanes) is 5. The van der Waals surface area contributed by atoms with Crippen LogP contribution in [0.2, 0.25) is 0 Å². The van der Waals surface area contributed by atoms with E-state index in [1.54, 1.807) is 0 Å². The Morgan fingerprint density at radius 2 is 1.83 bits per heavy atom. The first-order valence-electron chi connectivity index (χ1n) is 7.02. The van der Waals surface area contributed by atoms with Crippen molar-refractivity contribution in [3.05, 3.63) is 0 Å². The van der Waals surface area contributed by atoms with Crippen molar-refractivity contribution in [2.24, 2.45) is 0 Å². The van der Waals surface area contributed by atoms with Crippen molar-refractivity contribution in [3.8, 4) is 11.8 Å². The van der Waals surface area contributed by atoms with Gasteiger partial charge in [0.1, 0.15) is 6.61 Å². The van der Waals surface area contributed by atoms with Crippen LogP contribution in [-0.2, 0) is 9.53 Å². The minimum atomic E-state index is -0.881. The SMILES string of the molecule is CCCCCCC#CCOC(CCCC)C(=O)O. The molecular formula is C15H26O3. The van der Waals surface area contributed by atoms with E-state index in [4.69, 9.17) is 9.84 Å². The Kier molecular flexibility index (Phi) is 11.7. The van der Waals surface area contributed by atoms with E-state index in [0.717, 1.165) is 25.7 Å². The number of aliphatic carboxylic acids is 1. The van der Waals surface area contributed by atoms with Gasteiger partial charge in [-0.25, -0.2) is 4.79 Å². The largest absolute Gasteiger partial charge is 0.479 e. The van der Waals surface area contributed by atoms with E-state index >= 15 is 0 Å². The molecule has 0 bridgehead atoms. The van der Waals surface area contributed by atoms with Crippen LogP contribution in [0.3, 0.4) is 0 Å². The van der Waals surface area contributed by atoms with Crippen molar-refractivity contribution in [2.75, 3.05) is 6.61 Å². The summed E-state index contributed by atoms with van der Waals surface area (Å²) in [5.41, 5.74) is 0. The average molecular weight is 254 g/mol. The summed E-state index contributed by atoms with van der Waals surface area (Å²) in [4.78, 5) is 10.9. The number of ether oxygens (including phenoxy) is 1. The Bertz CT molecular complexity index is 263. The molecule has 104 valence electrons. The summed E-state index contributed by atoms with van der Waals surface area (Å²) in [5, 5.41) is 8.93. The Balaban J connectivity index is 3.65. The van der Waals surface area contributed by atoms with E-state index in [1.165, 1.54) is 19.3 Å². The van der Waals surface area contributed by atoms with Gasteiger partial charge in [0.15, 0.2) is 6.10 Å². The molecule has 3 heteroatoms. The Morgan fingerprint density at radius 1 is 1.11 bits per heavy atom. The zero-order valence-electron chi connectivity index (χ0n) is 11.7. The van der Waals surface area contributed by atoms with Crippen molar-refractivity contribution < 1.29 is 14.6 Å². The van der Waals surface area contributed by atoms with Gasteiger partial charge in [0.25, 0.3) is 0 Å². The van der Waals surface area contributed by atoms with Crippen LogP contribution in [-0.4, -0.2) is 23.8 Å². The molecular weight excluding hydrogens is 228 g/mol. The lowest BCUT2D eigenvalue weighted by molar-refractivity contribution is -0.149. The number of hydrogen-bond donors (Lipinski definition) is 1. The molecule has 0 amide bonds. The number of hydrogen-bond acceptors (Lipinski definition) is 2. The number of rotatable bonds is 10. The van der Waals surface area contributed by atoms with Crippen LogP contribution in [0.25, 0.3) is 0 Å². The van der Waals surface area contributed by atoms with Gasteiger partial charge >= 0.3 is 5.97 Å². The molecule has 0 aliphatic rings. The smallest absolute Gasteiger partial charge is 0.332 e. The third kappa shape index (κ3) is 10.2. The molecule has 1 unspecified atom stereocenters. The molecule has 1 atom stereocenters. The minimum Gasteiger partial charge on any atom is -0.479 e. The van der Waals surface area contributed by atoms with E-state index in [-0.39, 0.29) is 6.61 Å². The summed E-state index contributed by atoms with van der Waals surface area (Å²) in [7, 11) is 0. The van der Waals surface area contributed by atoms with E-state index in [2.05, 4.69) is 18.8 Å². The molecule has 0 aliphatic carbocycles. The summed E-state index contributed by atoms with van der Waals surface area (Å²) >= 11 is 0. The topological polar surface area (TPSA) is 46.5 Å². The van der Waals surface area contributed by atoms with E-state index in [9.17, 15) is 4.79 Å². The van der Waals surface area contributed by atoms with Gasteiger partial charge in [0.2, 0.25) is 0 Å². The van der Waals surface area contributed by atoms with Crippen molar-refractivity contribution in [3.63, 3.8) is 0 Å². The summed E-state index contributed by atoms with van der Waals surface area (Å²) < 4.78 is 5.26. The van der Waals surface area contributed by atoms with E-state index in [0.29, 0.717) is 6.42 Å². The van der Waals surface area contributed by atoms with Gasteiger partial charge in [-0.2, -0.15) is 0 Å². The fourth-order valence-corrected chi connectivity index (χ4v) is 1.59. The maximum atomic E-state index is 10.9. The summed E-state index contributed by atoms with van der Waals surface area (Å²) in [6.45, 7) is 4.45. The van der Waals surface area contributed by atoms with Gasteiger partial charge in [-0.1, -0.05) is 51.9 Å². The maximum absolute atomic E-state index is 10.9. The number of carbonyl (C=O) groups is 1. The molecule has 0 heterocycles.